The van der Waals surface area contributed by atoms with Gasteiger partial charge in [-0.05, 0) is 35.4 Å². The first kappa shape index (κ1) is 14.9. The number of carbonyl (C=O) groups excluding carboxylic acids is 1. The molecule has 0 spiro atoms. The molecule has 0 atom stereocenters. The van der Waals surface area contributed by atoms with Gasteiger partial charge >= 0.3 is 5.97 Å². The topological polar surface area (TPSA) is 26.3 Å². The van der Waals surface area contributed by atoms with E-state index in [0.29, 0.717) is 11.1 Å². The van der Waals surface area contributed by atoms with Crippen LogP contribution in [0.4, 0.5) is 8.78 Å². The lowest BCUT2D eigenvalue weighted by Gasteiger charge is -2.16. The van der Waals surface area contributed by atoms with Crippen molar-refractivity contribution < 1.29 is 18.3 Å². The second-order valence-corrected chi connectivity index (χ2v) is 4.46. The Balaban J connectivity index is 2.43. The van der Waals surface area contributed by atoms with Crippen LogP contribution < -0.4 is 0 Å². The van der Waals surface area contributed by atoms with E-state index in [2.05, 4.69) is 6.58 Å². The summed E-state index contributed by atoms with van der Waals surface area (Å²) in [5.74, 6) is -2.39. The normalized spacial score (nSPS) is 10.4. The summed E-state index contributed by atoms with van der Waals surface area (Å²) in [7, 11) is 0. The molecule has 108 valence electrons. The van der Waals surface area contributed by atoms with Crippen LogP contribution in [0.3, 0.4) is 0 Å². The molecular formula is C17H14F2O2. The first-order valence-electron chi connectivity index (χ1n) is 6.40. The maximum absolute atomic E-state index is 13.4. The maximum Gasteiger partial charge on any atom is 0.318 e. The predicted molar refractivity (Wildman–Crippen MR) is 75.8 cm³/mol. The second kappa shape index (κ2) is 6.79. The largest absolute Gasteiger partial charge is 0.461 e. The van der Waals surface area contributed by atoms with Crippen LogP contribution >= 0.6 is 0 Å². The van der Waals surface area contributed by atoms with Gasteiger partial charge in [-0.3, -0.25) is 4.79 Å². The van der Waals surface area contributed by atoms with Gasteiger partial charge in [-0.25, -0.2) is 8.78 Å². The molecule has 2 nitrogen and oxygen atoms in total. The summed E-state index contributed by atoms with van der Waals surface area (Å²) >= 11 is 0. The molecule has 0 aromatic heterocycles. The summed E-state index contributed by atoms with van der Waals surface area (Å²) in [6.07, 6.45) is 1.44. The van der Waals surface area contributed by atoms with E-state index in [9.17, 15) is 13.6 Å². The quantitative estimate of drug-likeness (QED) is 0.617. The van der Waals surface area contributed by atoms with Crippen molar-refractivity contribution in [3.8, 4) is 0 Å². The Hall–Kier alpha value is -2.49. The molecule has 21 heavy (non-hydrogen) atoms. The number of hydrogen-bond acceptors (Lipinski definition) is 2. The lowest BCUT2D eigenvalue weighted by Crippen LogP contribution is -2.17. The molecule has 2 aromatic carbocycles. The molecule has 2 rings (SSSR count). The molecule has 0 aliphatic carbocycles. The van der Waals surface area contributed by atoms with E-state index in [4.69, 9.17) is 4.74 Å². The SMILES string of the molecule is C=CCOC(=O)C(c1cccc(F)c1)c1cccc(F)c1. The Morgan fingerprint density at radius 3 is 2.05 bits per heavy atom. The molecular weight excluding hydrogens is 274 g/mol. The minimum atomic E-state index is -0.878. The Bertz CT molecular complexity index is 607. The zero-order valence-electron chi connectivity index (χ0n) is 11.3. The standard InChI is InChI=1S/C17H14F2O2/c1-2-9-21-17(20)16(12-5-3-7-14(18)10-12)13-6-4-8-15(19)11-13/h2-8,10-11,16H,1,9H2. The number of halogens is 2. The van der Waals surface area contributed by atoms with Gasteiger partial charge in [0, 0.05) is 0 Å². The van der Waals surface area contributed by atoms with E-state index < -0.39 is 23.5 Å². The van der Waals surface area contributed by atoms with E-state index in [1.165, 1.54) is 42.5 Å². The molecule has 0 aliphatic heterocycles. The fraction of sp³-hybridized carbons (Fsp3) is 0.118. The van der Waals surface area contributed by atoms with Crippen LogP contribution in [-0.4, -0.2) is 12.6 Å². The van der Waals surface area contributed by atoms with Crippen LogP contribution in [0.25, 0.3) is 0 Å². The van der Waals surface area contributed by atoms with Gasteiger partial charge in [-0.1, -0.05) is 36.9 Å². The van der Waals surface area contributed by atoms with Crippen molar-refractivity contribution in [2.45, 2.75) is 5.92 Å². The number of benzene rings is 2. The fourth-order valence-corrected chi connectivity index (χ4v) is 2.06. The first-order chi connectivity index (χ1) is 10.1. The van der Waals surface area contributed by atoms with E-state index in [1.807, 2.05) is 0 Å². The van der Waals surface area contributed by atoms with Gasteiger partial charge in [0.25, 0.3) is 0 Å². The Labute approximate surface area is 121 Å². The smallest absolute Gasteiger partial charge is 0.318 e. The highest BCUT2D eigenvalue weighted by molar-refractivity contribution is 5.82. The van der Waals surface area contributed by atoms with Crippen LogP contribution in [-0.2, 0) is 9.53 Å². The molecule has 0 N–H and O–H groups in total. The van der Waals surface area contributed by atoms with Crippen molar-refractivity contribution in [2.24, 2.45) is 0 Å². The third-order valence-corrected chi connectivity index (χ3v) is 2.94. The van der Waals surface area contributed by atoms with E-state index in [-0.39, 0.29) is 6.61 Å². The summed E-state index contributed by atoms with van der Waals surface area (Å²) in [5, 5.41) is 0. The summed E-state index contributed by atoms with van der Waals surface area (Å²) in [5.41, 5.74) is 0.823. The molecule has 2 aromatic rings. The van der Waals surface area contributed by atoms with Crippen LogP contribution in [0.1, 0.15) is 17.0 Å². The van der Waals surface area contributed by atoms with Crippen LogP contribution in [0.15, 0.2) is 61.2 Å². The zero-order chi connectivity index (χ0) is 15.2. The van der Waals surface area contributed by atoms with Crippen molar-refractivity contribution in [3.05, 3.63) is 83.9 Å². The Kier molecular flexibility index (Phi) is 4.82. The highest BCUT2D eigenvalue weighted by Crippen LogP contribution is 2.27. The Morgan fingerprint density at radius 2 is 1.62 bits per heavy atom. The molecule has 0 heterocycles. The molecule has 0 bridgehead atoms. The minimum absolute atomic E-state index is 0.0416. The van der Waals surface area contributed by atoms with Crippen LogP contribution in [0.5, 0.6) is 0 Å². The van der Waals surface area contributed by atoms with Crippen LogP contribution in [0.2, 0.25) is 0 Å². The van der Waals surface area contributed by atoms with Gasteiger partial charge < -0.3 is 4.74 Å². The first-order valence-corrected chi connectivity index (χ1v) is 6.40. The summed E-state index contributed by atoms with van der Waals surface area (Å²) in [6.45, 7) is 3.51. The Morgan fingerprint density at radius 1 is 1.10 bits per heavy atom. The number of esters is 1. The van der Waals surface area contributed by atoms with Crippen molar-refractivity contribution in [1.29, 1.82) is 0 Å². The third-order valence-electron chi connectivity index (χ3n) is 2.94. The molecule has 0 saturated carbocycles. The van der Waals surface area contributed by atoms with E-state index >= 15 is 0 Å². The molecule has 0 unspecified atom stereocenters. The molecule has 0 fully saturated rings. The van der Waals surface area contributed by atoms with Crippen molar-refractivity contribution in [3.63, 3.8) is 0 Å². The van der Waals surface area contributed by atoms with Crippen molar-refractivity contribution in [2.75, 3.05) is 6.61 Å². The van der Waals surface area contributed by atoms with Crippen molar-refractivity contribution >= 4 is 5.97 Å². The molecule has 0 aliphatic rings. The second-order valence-electron chi connectivity index (χ2n) is 4.46. The number of rotatable bonds is 5. The van der Waals surface area contributed by atoms with Gasteiger partial charge in [0.15, 0.2) is 0 Å². The van der Waals surface area contributed by atoms with Gasteiger partial charge in [0.05, 0.1) is 0 Å². The average Bonchev–Trinajstić information content (AvgIpc) is 2.45. The van der Waals surface area contributed by atoms with Gasteiger partial charge in [-0.2, -0.15) is 0 Å². The predicted octanol–water partition coefficient (Wildman–Crippen LogP) is 3.83. The third kappa shape index (κ3) is 3.75. The van der Waals surface area contributed by atoms with Gasteiger partial charge in [0.1, 0.15) is 24.2 Å². The summed E-state index contributed by atoms with van der Waals surface area (Å²) in [6, 6.07) is 11.2. The summed E-state index contributed by atoms with van der Waals surface area (Å²) < 4.78 is 31.8. The number of ether oxygens (including phenoxy) is 1. The van der Waals surface area contributed by atoms with E-state index in [0.717, 1.165) is 0 Å². The highest BCUT2D eigenvalue weighted by Gasteiger charge is 2.25. The lowest BCUT2D eigenvalue weighted by atomic mass is 9.91. The fourth-order valence-electron chi connectivity index (χ4n) is 2.06. The van der Waals surface area contributed by atoms with Gasteiger partial charge in [0.2, 0.25) is 0 Å². The highest BCUT2D eigenvalue weighted by atomic mass is 19.1. The van der Waals surface area contributed by atoms with Gasteiger partial charge in [-0.15, -0.1) is 0 Å². The molecule has 4 heteroatoms. The monoisotopic (exact) mass is 288 g/mol. The zero-order valence-corrected chi connectivity index (χ0v) is 11.3. The van der Waals surface area contributed by atoms with Crippen LogP contribution in [0, 0.1) is 11.6 Å². The lowest BCUT2D eigenvalue weighted by molar-refractivity contribution is -0.143. The van der Waals surface area contributed by atoms with Crippen molar-refractivity contribution in [1.82, 2.24) is 0 Å². The van der Waals surface area contributed by atoms with E-state index in [1.54, 1.807) is 12.1 Å². The molecule has 0 saturated heterocycles. The number of hydrogen-bond donors (Lipinski definition) is 0. The maximum atomic E-state index is 13.4. The molecule has 0 radical (unpaired) electrons. The number of carbonyl (C=O) groups is 1. The summed E-state index contributed by atoms with van der Waals surface area (Å²) in [4.78, 5) is 12.2. The minimum Gasteiger partial charge on any atom is -0.461 e. The average molecular weight is 288 g/mol. The molecule has 0 amide bonds.